The molecule has 0 saturated carbocycles. The third kappa shape index (κ3) is 3.57. The van der Waals surface area contributed by atoms with Crippen molar-refractivity contribution in [2.24, 2.45) is 11.5 Å². The lowest BCUT2D eigenvalue weighted by molar-refractivity contribution is -0.131. The van der Waals surface area contributed by atoms with Crippen LogP contribution < -0.4 is 11.5 Å². The molecule has 0 aromatic rings. The van der Waals surface area contributed by atoms with E-state index < -0.39 is 11.9 Å². The molecule has 0 radical (unpaired) electrons. The van der Waals surface area contributed by atoms with Crippen LogP contribution >= 0.6 is 0 Å². The molecule has 64 valence electrons. The summed E-state index contributed by atoms with van der Waals surface area (Å²) in [5.41, 5.74) is 10.1. The van der Waals surface area contributed by atoms with Crippen LogP contribution in [0.3, 0.4) is 0 Å². The van der Waals surface area contributed by atoms with Gasteiger partial charge in [0.05, 0.1) is 12.5 Å². The maximum absolute atomic E-state index is 10.9. The number of nitrogens with zero attached hydrogens (tertiary/aromatic N) is 1. The van der Waals surface area contributed by atoms with Crippen LogP contribution in [-0.2, 0) is 9.59 Å². The summed E-state index contributed by atoms with van der Waals surface area (Å²) in [6, 6.07) is -0.870. The largest absolute Gasteiger partial charge is 0.368 e. The zero-order chi connectivity index (χ0) is 9.02. The molecule has 0 rings (SSSR count). The van der Waals surface area contributed by atoms with Crippen molar-refractivity contribution in [3.8, 4) is 0 Å². The van der Waals surface area contributed by atoms with E-state index >= 15 is 0 Å². The van der Waals surface area contributed by atoms with E-state index in [1.165, 1.54) is 4.90 Å². The number of primary amides is 1. The Hall–Kier alpha value is -1.10. The van der Waals surface area contributed by atoms with Gasteiger partial charge in [-0.2, -0.15) is 0 Å². The van der Waals surface area contributed by atoms with Gasteiger partial charge >= 0.3 is 0 Å². The first-order valence-electron chi connectivity index (χ1n) is 3.20. The summed E-state index contributed by atoms with van der Waals surface area (Å²) in [6.45, 7) is 0. The van der Waals surface area contributed by atoms with Crippen molar-refractivity contribution in [1.29, 1.82) is 0 Å². The van der Waals surface area contributed by atoms with Crippen LogP contribution in [0, 0.1) is 0 Å². The molecule has 1 unspecified atom stereocenters. The van der Waals surface area contributed by atoms with Gasteiger partial charge in [0.1, 0.15) is 0 Å². The van der Waals surface area contributed by atoms with Gasteiger partial charge in [0, 0.05) is 14.1 Å². The molecule has 0 fully saturated rings. The zero-order valence-electron chi connectivity index (χ0n) is 6.70. The summed E-state index contributed by atoms with van der Waals surface area (Å²) < 4.78 is 0. The average molecular weight is 159 g/mol. The van der Waals surface area contributed by atoms with Crippen molar-refractivity contribution >= 4 is 11.8 Å². The third-order valence-corrected chi connectivity index (χ3v) is 1.26. The first-order valence-corrected chi connectivity index (χ1v) is 3.20. The lowest BCUT2D eigenvalue weighted by atomic mass is 10.2. The van der Waals surface area contributed by atoms with Crippen molar-refractivity contribution in [2.75, 3.05) is 14.1 Å². The Morgan fingerprint density at radius 2 is 1.91 bits per heavy atom. The van der Waals surface area contributed by atoms with Crippen LogP contribution in [-0.4, -0.2) is 36.9 Å². The summed E-state index contributed by atoms with van der Waals surface area (Å²) in [5, 5.41) is 0. The summed E-state index contributed by atoms with van der Waals surface area (Å²) in [6.07, 6.45) is -0.0255. The second-order valence-corrected chi connectivity index (χ2v) is 2.50. The first-order chi connectivity index (χ1) is 4.95. The molecule has 0 bridgehead atoms. The van der Waals surface area contributed by atoms with Crippen molar-refractivity contribution in [3.05, 3.63) is 0 Å². The van der Waals surface area contributed by atoms with Gasteiger partial charge in [-0.25, -0.2) is 0 Å². The lowest BCUT2D eigenvalue weighted by Crippen LogP contribution is -2.40. The molecular weight excluding hydrogens is 146 g/mol. The Morgan fingerprint density at radius 3 is 2.18 bits per heavy atom. The molecule has 2 amide bonds. The molecule has 0 aromatic heterocycles. The third-order valence-electron chi connectivity index (χ3n) is 1.26. The smallest absolute Gasteiger partial charge is 0.234 e. The van der Waals surface area contributed by atoms with Gasteiger partial charge < -0.3 is 16.4 Å². The van der Waals surface area contributed by atoms with Crippen molar-refractivity contribution < 1.29 is 9.59 Å². The highest BCUT2D eigenvalue weighted by atomic mass is 16.2. The molecule has 0 saturated heterocycles. The number of amides is 2. The summed E-state index contributed by atoms with van der Waals surface area (Å²) in [5.74, 6) is -0.850. The van der Waals surface area contributed by atoms with Crippen LogP contribution in [0.15, 0.2) is 0 Å². The highest BCUT2D eigenvalue weighted by Gasteiger charge is 2.14. The highest BCUT2D eigenvalue weighted by Crippen LogP contribution is 1.90. The molecule has 0 aliphatic carbocycles. The van der Waals surface area contributed by atoms with Gasteiger partial charge in [0.15, 0.2) is 0 Å². The van der Waals surface area contributed by atoms with Crippen molar-refractivity contribution in [2.45, 2.75) is 12.5 Å². The zero-order valence-corrected chi connectivity index (χ0v) is 6.70. The Balaban J connectivity index is 3.85. The van der Waals surface area contributed by atoms with Crippen molar-refractivity contribution in [1.82, 2.24) is 4.90 Å². The normalized spacial score (nSPS) is 12.3. The average Bonchev–Trinajstić information content (AvgIpc) is 1.87. The number of hydrogen-bond donors (Lipinski definition) is 2. The summed E-state index contributed by atoms with van der Waals surface area (Å²) >= 11 is 0. The summed E-state index contributed by atoms with van der Waals surface area (Å²) in [4.78, 5) is 22.6. The predicted molar refractivity (Wildman–Crippen MR) is 40.5 cm³/mol. The van der Waals surface area contributed by atoms with Gasteiger partial charge in [-0.1, -0.05) is 0 Å². The minimum atomic E-state index is -0.870. The molecule has 1 atom stereocenters. The van der Waals surface area contributed by atoms with Crippen LogP contribution in [0.25, 0.3) is 0 Å². The van der Waals surface area contributed by atoms with E-state index in [1.807, 2.05) is 0 Å². The van der Waals surface area contributed by atoms with E-state index in [-0.39, 0.29) is 12.3 Å². The molecule has 0 spiro atoms. The minimum absolute atomic E-state index is 0.0255. The number of rotatable bonds is 3. The van der Waals surface area contributed by atoms with Crippen LogP contribution in [0.4, 0.5) is 0 Å². The molecule has 5 nitrogen and oxygen atoms in total. The van der Waals surface area contributed by atoms with Gasteiger partial charge in [-0.3, -0.25) is 9.59 Å². The molecule has 0 aliphatic heterocycles. The number of nitrogens with two attached hydrogens (primary N) is 2. The Morgan fingerprint density at radius 1 is 1.45 bits per heavy atom. The number of hydrogen-bond acceptors (Lipinski definition) is 3. The lowest BCUT2D eigenvalue weighted by Gasteiger charge is -2.12. The second-order valence-electron chi connectivity index (χ2n) is 2.50. The Kier molecular flexibility index (Phi) is 3.53. The van der Waals surface area contributed by atoms with Gasteiger partial charge in [0.2, 0.25) is 11.8 Å². The van der Waals surface area contributed by atoms with Gasteiger partial charge in [-0.15, -0.1) is 0 Å². The van der Waals surface area contributed by atoms with E-state index in [2.05, 4.69) is 0 Å². The monoisotopic (exact) mass is 159 g/mol. The van der Waals surface area contributed by atoms with Gasteiger partial charge in [0.25, 0.3) is 0 Å². The number of carbonyl (C=O) groups excluding carboxylic acids is 2. The van der Waals surface area contributed by atoms with E-state index in [9.17, 15) is 9.59 Å². The first kappa shape index (κ1) is 9.90. The molecule has 11 heavy (non-hydrogen) atoms. The SMILES string of the molecule is CN(C)C(=O)CC(N)C(N)=O. The molecule has 5 heteroatoms. The van der Waals surface area contributed by atoms with Crippen molar-refractivity contribution in [3.63, 3.8) is 0 Å². The Labute approximate surface area is 65.3 Å². The maximum atomic E-state index is 10.9. The molecular formula is C6H13N3O2. The van der Waals surface area contributed by atoms with E-state index in [0.29, 0.717) is 0 Å². The van der Waals surface area contributed by atoms with Crippen LogP contribution in [0.2, 0.25) is 0 Å². The van der Waals surface area contributed by atoms with E-state index in [0.717, 1.165) is 0 Å². The van der Waals surface area contributed by atoms with Crippen LogP contribution in [0.1, 0.15) is 6.42 Å². The standard InChI is InChI=1S/C6H13N3O2/c1-9(2)5(10)3-4(7)6(8)11/h4H,3,7H2,1-2H3,(H2,8,11). The fourth-order valence-corrected chi connectivity index (χ4v) is 0.471. The molecule has 4 N–H and O–H groups in total. The maximum Gasteiger partial charge on any atom is 0.234 e. The molecule has 0 heterocycles. The quantitative estimate of drug-likeness (QED) is 0.513. The van der Waals surface area contributed by atoms with E-state index in [4.69, 9.17) is 11.5 Å². The topological polar surface area (TPSA) is 89.4 Å². The Bertz CT molecular complexity index is 167. The molecule has 0 aliphatic rings. The summed E-state index contributed by atoms with van der Waals surface area (Å²) in [7, 11) is 3.19. The van der Waals surface area contributed by atoms with Gasteiger partial charge in [-0.05, 0) is 0 Å². The van der Waals surface area contributed by atoms with E-state index in [1.54, 1.807) is 14.1 Å². The second kappa shape index (κ2) is 3.92. The minimum Gasteiger partial charge on any atom is -0.368 e. The predicted octanol–water partition coefficient (Wildman–Crippen LogP) is -1.72. The fourth-order valence-electron chi connectivity index (χ4n) is 0.471. The van der Waals surface area contributed by atoms with Crippen LogP contribution in [0.5, 0.6) is 0 Å². The number of carbonyl (C=O) groups is 2. The fraction of sp³-hybridized carbons (Fsp3) is 0.667. The molecule has 0 aromatic carbocycles. The highest BCUT2D eigenvalue weighted by molar-refractivity contribution is 5.86.